The van der Waals surface area contributed by atoms with Crippen LogP contribution in [-0.4, -0.2) is 11.3 Å². The van der Waals surface area contributed by atoms with E-state index in [0.717, 1.165) is 12.8 Å². The molecule has 76 valence electrons. The van der Waals surface area contributed by atoms with E-state index < -0.39 is 6.16 Å². The smallest absolute Gasteiger partial charge is 0.565 e. The summed E-state index contributed by atoms with van der Waals surface area (Å²) in [6.45, 7) is 0. The van der Waals surface area contributed by atoms with Crippen molar-refractivity contribution in [1.82, 2.24) is 0 Å². The minimum absolute atomic E-state index is 0. The summed E-state index contributed by atoms with van der Waals surface area (Å²) in [6, 6.07) is 8.74. The fourth-order valence-electron chi connectivity index (χ4n) is 1.59. The first-order chi connectivity index (χ1) is 6.61. The molecule has 15 heavy (non-hydrogen) atoms. The first-order valence-corrected chi connectivity index (χ1v) is 4.34. The molecule has 1 atom stereocenters. The van der Waals surface area contributed by atoms with Crippen LogP contribution in [0, 0.1) is 0 Å². The van der Waals surface area contributed by atoms with E-state index in [2.05, 4.69) is 24.3 Å². The number of carbonyl (C=O) groups is 1. The van der Waals surface area contributed by atoms with Gasteiger partial charge in [0.1, 0.15) is 0 Å². The van der Waals surface area contributed by atoms with Crippen LogP contribution in [-0.2, 0) is 6.42 Å². The Bertz CT molecular complexity index is 326. The third kappa shape index (κ3) is 5.10. The van der Waals surface area contributed by atoms with Crippen LogP contribution in [0.4, 0.5) is 4.79 Å². The second-order valence-electron chi connectivity index (χ2n) is 3.11. The molecule has 1 aromatic carbocycles. The normalized spacial score (nSPS) is 16.7. The van der Waals surface area contributed by atoms with Gasteiger partial charge in [-0.15, -0.1) is 0 Å². The first-order valence-electron chi connectivity index (χ1n) is 4.34. The van der Waals surface area contributed by atoms with Crippen molar-refractivity contribution in [3.63, 3.8) is 0 Å². The number of rotatable bonds is 0. The van der Waals surface area contributed by atoms with E-state index >= 15 is 0 Å². The Balaban J connectivity index is 0.000000346. The predicted octanol–water partition coefficient (Wildman–Crippen LogP) is -2.48. The fourth-order valence-corrected chi connectivity index (χ4v) is 1.59. The van der Waals surface area contributed by atoms with Crippen molar-refractivity contribution >= 4 is 6.16 Å². The van der Waals surface area contributed by atoms with Crippen molar-refractivity contribution in [3.05, 3.63) is 35.4 Å². The van der Waals surface area contributed by atoms with E-state index in [0.29, 0.717) is 6.04 Å². The molecule has 3 N–H and O–H groups in total. The van der Waals surface area contributed by atoms with Crippen molar-refractivity contribution in [1.29, 1.82) is 0 Å². The average molecular weight is 233 g/mol. The number of benzene rings is 1. The van der Waals surface area contributed by atoms with Crippen LogP contribution < -0.4 is 62.2 Å². The van der Waals surface area contributed by atoms with Gasteiger partial charge in [0, 0.05) is 6.04 Å². The standard InChI is InChI=1S/C9H11N.CH2O3.K/c10-9-6-5-7-3-1-2-4-8(7)9;2-1(3)4;/h1-4,9H,5-6,10H2;(H2,2,3,4);/q;;+1/p-1. The van der Waals surface area contributed by atoms with Crippen LogP contribution in [0.2, 0.25) is 0 Å². The molecule has 2 rings (SSSR count). The van der Waals surface area contributed by atoms with Gasteiger partial charge in [-0.1, -0.05) is 24.3 Å². The number of nitrogens with two attached hydrogens (primary N) is 1. The molecule has 0 saturated carbocycles. The minimum atomic E-state index is -2.08. The summed E-state index contributed by atoms with van der Waals surface area (Å²) in [5.41, 5.74) is 8.64. The Hall–Kier alpha value is 0.0864. The average Bonchev–Trinajstić information content (AvgIpc) is 2.48. The van der Waals surface area contributed by atoms with Gasteiger partial charge in [-0.05, 0) is 24.0 Å². The van der Waals surface area contributed by atoms with E-state index in [1.54, 1.807) is 0 Å². The van der Waals surface area contributed by atoms with Gasteiger partial charge < -0.3 is 20.7 Å². The summed E-state index contributed by atoms with van der Waals surface area (Å²) in [5.74, 6) is 0. The Morgan fingerprint density at radius 3 is 2.53 bits per heavy atom. The molecule has 0 amide bonds. The van der Waals surface area contributed by atoms with Crippen LogP contribution in [0.25, 0.3) is 0 Å². The maximum absolute atomic E-state index is 8.44. The van der Waals surface area contributed by atoms with E-state index in [1.165, 1.54) is 11.1 Å². The Morgan fingerprint density at radius 1 is 1.47 bits per heavy atom. The predicted molar refractivity (Wildman–Crippen MR) is 49.7 cm³/mol. The molecule has 5 heteroatoms. The molecule has 0 bridgehead atoms. The molecule has 0 aromatic heterocycles. The van der Waals surface area contributed by atoms with E-state index in [9.17, 15) is 0 Å². The summed E-state index contributed by atoms with van der Waals surface area (Å²) in [6.07, 6.45) is 0.205. The van der Waals surface area contributed by atoms with Gasteiger partial charge in [0.15, 0.2) is 0 Å². The summed E-state index contributed by atoms with van der Waals surface area (Å²) in [4.78, 5) is 8.44. The zero-order valence-electron chi connectivity index (χ0n) is 8.64. The quantitative estimate of drug-likeness (QED) is 0.486. The van der Waals surface area contributed by atoms with Crippen molar-refractivity contribution in [2.75, 3.05) is 0 Å². The number of aryl methyl sites for hydroxylation is 1. The molecular formula is C10H12KNO3. The zero-order chi connectivity index (χ0) is 10.6. The molecule has 1 unspecified atom stereocenters. The van der Waals surface area contributed by atoms with Gasteiger partial charge in [-0.3, -0.25) is 0 Å². The van der Waals surface area contributed by atoms with Crippen molar-refractivity contribution < 1.29 is 66.4 Å². The van der Waals surface area contributed by atoms with Crippen molar-refractivity contribution in [3.8, 4) is 0 Å². The maximum atomic E-state index is 8.44. The van der Waals surface area contributed by atoms with Crippen molar-refractivity contribution in [2.45, 2.75) is 18.9 Å². The second kappa shape index (κ2) is 7.37. The third-order valence-electron chi connectivity index (χ3n) is 2.18. The minimum Gasteiger partial charge on any atom is -0.565 e. The van der Waals surface area contributed by atoms with Crippen LogP contribution in [0.1, 0.15) is 23.6 Å². The van der Waals surface area contributed by atoms with E-state index in [4.69, 9.17) is 20.7 Å². The Labute approximate surface area is 131 Å². The zero-order valence-corrected chi connectivity index (χ0v) is 11.8. The Morgan fingerprint density at radius 2 is 2.00 bits per heavy atom. The summed E-state index contributed by atoms with van der Waals surface area (Å²) < 4.78 is 0. The topological polar surface area (TPSA) is 86.4 Å². The first kappa shape index (κ1) is 15.1. The van der Waals surface area contributed by atoms with Crippen molar-refractivity contribution in [2.24, 2.45) is 5.73 Å². The van der Waals surface area contributed by atoms with Gasteiger partial charge in [-0.25, -0.2) is 0 Å². The fraction of sp³-hybridized carbons (Fsp3) is 0.300. The molecule has 0 aliphatic heterocycles. The number of carboxylic acid groups (broad SMARTS) is 2. The van der Waals surface area contributed by atoms with Crippen LogP contribution in [0.15, 0.2) is 24.3 Å². The summed E-state index contributed by atoms with van der Waals surface area (Å²) in [7, 11) is 0. The number of hydrogen-bond donors (Lipinski definition) is 2. The molecule has 0 saturated heterocycles. The molecule has 1 aromatic rings. The molecule has 1 aliphatic rings. The largest absolute Gasteiger partial charge is 1.00 e. The van der Waals surface area contributed by atoms with E-state index in [1.807, 2.05) is 0 Å². The molecule has 0 heterocycles. The van der Waals surface area contributed by atoms with Crippen LogP contribution >= 0.6 is 0 Å². The van der Waals surface area contributed by atoms with Gasteiger partial charge in [-0.2, -0.15) is 0 Å². The molecule has 0 fully saturated rings. The monoisotopic (exact) mass is 233 g/mol. The SMILES string of the molecule is NC1CCc2ccccc21.O=C([O-])O.[K+]. The van der Waals surface area contributed by atoms with Gasteiger partial charge in [0.05, 0.1) is 0 Å². The number of hydrogen-bond acceptors (Lipinski definition) is 3. The van der Waals surface area contributed by atoms with Crippen LogP contribution in [0.5, 0.6) is 0 Å². The summed E-state index contributed by atoms with van der Waals surface area (Å²) in [5, 5.41) is 15.3. The maximum Gasteiger partial charge on any atom is 1.00 e. The van der Waals surface area contributed by atoms with Gasteiger partial charge in [0.2, 0.25) is 6.16 Å². The van der Waals surface area contributed by atoms with Crippen LogP contribution in [0.3, 0.4) is 0 Å². The van der Waals surface area contributed by atoms with E-state index in [-0.39, 0.29) is 51.4 Å². The Kier molecular flexibility index (Phi) is 7.42. The third-order valence-corrected chi connectivity index (χ3v) is 2.18. The molecule has 1 aliphatic carbocycles. The molecule has 0 radical (unpaired) electrons. The summed E-state index contributed by atoms with van der Waals surface area (Å²) >= 11 is 0. The molecule has 0 spiro atoms. The molecular weight excluding hydrogens is 221 g/mol. The number of fused-ring (bicyclic) bond motifs is 1. The second-order valence-corrected chi connectivity index (χ2v) is 3.11. The molecule has 4 nitrogen and oxygen atoms in total. The van der Waals surface area contributed by atoms with Gasteiger partial charge in [0.25, 0.3) is 0 Å². The van der Waals surface area contributed by atoms with Gasteiger partial charge >= 0.3 is 51.4 Å².